The van der Waals surface area contributed by atoms with E-state index in [1.54, 1.807) is 19.2 Å². The maximum absolute atomic E-state index is 5.74. The van der Waals surface area contributed by atoms with Gasteiger partial charge in [-0.2, -0.15) is 0 Å². The van der Waals surface area contributed by atoms with Crippen LogP contribution in [0.5, 0.6) is 17.2 Å². The van der Waals surface area contributed by atoms with Crippen molar-refractivity contribution < 1.29 is 23.7 Å². The van der Waals surface area contributed by atoms with Crippen LogP contribution in [0.1, 0.15) is 11.1 Å². The van der Waals surface area contributed by atoms with Gasteiger partial charge in [0, 0.05) is 6.07 Å². The second-order valence-electron chi connectivity index (χ2n) is 6.13. The molecule has 0 aliphatic heterocycles. The van der Waals surface area contributed by atoms with Crippen molar-refractivity contribution in [3.63, 3.8) is 0 Å². The summed E-state index contributed by atoms with van der Waals surface area (Å²) < 4.78 is 28.7. The standard InChI is InChI=1S/C23H23BrO5/c1-25-22-13-20(28-16-26-14-18-8-4-2-5-9-18)12-21(24)23(22)29-17-27-15-19-10-6-3-7-11-19/h2-13H,14-17H2,1H3. The predicted molar refractivity (Wildman–Crippen MR) is 114 cm³/mol. The maximum atomic E-state index is 5.74. The summed E-state index contributed by atoms with van der Waals surface area (Å²) in [4.78, 5) is 0. The fourth-order valence-corrected chi connectivity index (χ4v) is 3.13. The molecule has 0 atom stereocenters. The molecule has 0 aliphatic rings. The van der Waals surface area contributed by atoms with Gasteiger partial charge in [0.25, 0.3) is 0 Å². The van der Waals surface area contributed by atoms with Crippen molar-refractivity contribution in [2.45, 2.75) is 13.2 Å². The minimum atomic E-state index is 0.101. The second-order valence-corrected chi connectivity index (χ2v) is 6.98. The monoisotopic (exact) mass is 458 g/mol. The van der Waals surface area contributed by atoms with Crippen LogP contribution >= 0.6 is 15.9 Å². The van der Waals surface area contributed by atoms with Gasteiger partial charge < -0.3 is 23.7 Å². The van der Waals surface area contributed by atoms with Crippen LogP contribution in [-0.2, 0) is 22.7 Å². The summed E-state index contributed by atoms with van der Waals surface area (Å²) in [6.07, 6.45) is 0. The Balaban J connectivity index is 1.48. The Labute approximate surface area is 179 Å². The van der Waals surface area contributed by atoms with Gasteiger partial charge in [0.1, 0.15) is 5.75 Å². The van der Waals surface area contributed by atoms with Crippen molar-refractivity contribution in [1.29, 1.82) is 0 Å². The molecule has 29 heavy (non-hydrogen) atoms. The van der Waals surface area contributed by atoms with Gasteiger partial charge in [0.2, 0.25) is 0 Å². The molecule has 0 fully saturated rings. The van der Waals surface area contributed by atoms with E-state index in [-0.39, 0.29) is 13.6 Å². The van der Waals surface area contributed by atoms with Crippen LogP contribution in [0.25, 0.3) is 0 Å². The Morgan fingerprint density at radius 3 is 1.83 bits per heavy atom. The summed E-state index contributed by atoms with van der Waals surface area (Å²) in [7, 11) is 1.58. The first kappa shape index (κ1) is 21.2. The lowest BCUT2D eigenvalue weighted by Gasteiger charge is -2.15. The zero-order valence-electron chi connectivity index (χ0n) is 16.2. The predicted octanol–water partition coefficient (Wildman–Crippen LogP) is 5.56. The molecule has 0 unspecified atom stereocenters. The van der Waals surface area contributed by atoms with Gasteiger partial charge in [-0.15, -0.1) is 0 Å². The van der Waals surface area contributed by atoms with Gasteiger partial charge >= 0.3 is 0 Å². The van der Waals surface area contributed by atoms with Crippen LogP contribution < -0.4 is 14.2 Å². The molecule has 3 aromatic rings. The van der Waals surface area contributed by atoms with E-state index in [2.05, 4.69) is 15.9 Å². The first-order valence-electron chi connectivity index (χ1n) is 9.12. The lowest BCUT2D eigenvalue weighted by atomic mass is 10.2. The van der Waals surface area contributed by atoms with Gasteiger partial charge in [-0.25, -0.2) is 0 Å². The summed E-state index contributed by atoms with van der Waals surface area (Å²) >= 11 is 3.50. The second kappa shape index (κ2) is 11.5. The molecule has 3 rings (SSSR count). The molecule has 6 heteroatoms. The fourth-order valence-electron chi connectivity index (χ4n) is 2.60. The van der Waals surface area contributed by atoms with Gasteiger partial charge in [-0.1, -0.05) is 60.7 Å². The van der Waals surface area contributed by atoms with Crippen molar-refractivity contribution in [2.75, 3.05) is 20.7 Å². The average molecular weight is 459 g/mol. The molecule has 0 heterocycles. The molecule has 0 aliphatic carbocycles. The minimum absolute atomic E-state index is 0.101. The molecular weight excluding hydrogens is 436 g/mol. The van der Waals surface area contributed by atoms with Gasteiger partial charge in [0.15, 0.2) is 25.1 Å². The number of hydrogen-bond donors (Lipinski definition) is 0. The van der Waals surface area contributed by atoms with E-state index in [1.165, 1.54) is 0 Å². The van der Waals surface area contributed by atoms with E-state index < -0.39 is 0 Å². The van der Waals surface area contributed by atoms with Gasteiger partial charge in [-0.05, 0) is 33.1 Å². The zero-order valence-corrected chi connectivity index (χ0v) is 17.8. The largest absolute Gasteiger partial charge is 0.493 e. The number of halogens is 1. The molecule has 5 nitrogen and oxygen atoms in total. The van der Waals surface area contributed by atoms with Crippen molar-refractivity contribution in [2.24, 2.45) is 0 Å². The van der Waals surface area contributed by atoms with Crippen LogP contribution in [0, 0.1) is 0 Å². The normalized spacial score (nSPS) is 10.6. The van der Waals surface area contributed by atoms with E-state index in [9.17, 15) is 0 Å². The summed E-state index contributed by atoms with van der Waals surface area (Å²) in [5.74, 6) is 1.71. The lowest BCUT2D eigenvalue weighted by Crippen LogP contribution is -2.06. The Hall–Kier alpha value is -2.54. The quantitative estimate of drug-likeness (QED) is 0.277. The first-order chi connectivity index (χ1) is 14.3. The van der Waals surface area contributed by atoms with Crippen molar-refractivity contribution in [3.8, 4) is 17.2 Å². The maximum Gasteiger partial charge on any atom is 0.189 e. The Bertz CT molecular complexity index is 871. The fraction of sp³-hybridized carbons (Fsp3) is 0.217. The first-order valence-corrected chi connectivity index (χ1v) is 9.92. The Kier molecular flexibility index (Phi) is 8.37. The summed E-state index contributed by atoms with van der Waals surface area (Å²) in [6.45, 7) is 1.19. The number of benzene rings is 3. The molecule has 0 N–H and O–H groups in total. The SMILES string of the molecule is COc1cc(OCOCc2ccccc2)cc(Br)c1OCOCc1ccccc1. The highest BCUT2D eigenvalue weighted by molar-refractivity contribution is 9.10. The van der Waals surface area contributed by atoms with E-state index in [0.717, 1.165) is 11.1 Å². The zero-order chi connectivity index (χ0) is 20.3. The van der Waals surface area contributed by atoms with Crippen molar-refractivity contribution in [3.05, 3.63) is 88.4 Å². The molecule has 0 spiro atoms. The van der Waals surface area contributed by atoms with Crippen molar-refractivity contribution in [1.82, 2.24) is 0 Å². The lowest BCUT2D eigenvalue weighted by molar-refractivity contribution is 0.00142. The topological polar surface area (TPSA) is 46.2 Å². The highest BCUT2D eigenvalue weighted by Crippen LogP contribution is 2.39. The van der Waals surface area contributed by atoms with Crippen LogP contribution in [0.4, 0.5) is 0 Å². The van der Waals surface area contributed by atoms with Crippen LogP contribution in [0.2, 0.25) is 0 Å². The van der Waals surface area contributed by atoms with Crippen LogP contribution in [-0.4, -0.2) is 20.7 Å². The minimum Gasteiger partial charge on any atom is -0.493 e. The molecule has 0 bridgehead atoms. The number of methoxy groups -OCH3 is 1. The van der Waals surface area contributed by atoms with Crippen molar-refractivity contribution >= 4 is 15.9 Å². The molecule has 0 saturated heterocycles. The van der Waals surface area contributed by atoms with E-state index >= 15 is 0 Å². The highest BCUT2D eigenvalue weighted by atomic mass is 79.9. The molecular formula is C23H23BrO5. The smallest absolute Gasteiger partial charge is 0.189 e. The highest BCUT2D eigenvalue weighted by Gasteiger charge is 2.13. The van der Waals surface area contributed by atoms with E-state index in [0.29, 0.717) is 34.9 Å². The summed E-state index contributed by atoms with van der Waals surface area (Å²) in [5, 5.41) is 0. The van der Waals surface area contributed by atoms with Crippen LogP contribution in [0.3, 0.4) is 0 Å². The third-order valence-corrected chi connectivity index (χ3v) is 4.61. The van der Waals surface area contributed by atoms with Gasteiger partial charge in [-0.3, -0.25) is 0 Å². The van der Waals surface area contributed by atoms with E-state index in [1.807, 2.05) is 60.7 Å². The summed E-state index contributed by atoms with van der Waals surface area (Å²) in [6, 6.07) is 23.4. The third kappa shape index (κ3) is 6.78. The Morgan fingerprint density at radius 2 is 1.28 bits per heavy atom. The van der Waals surface area contributed by atoms with Crippen LogP contribution in [0.15, 0.2) is 77.3 Å². The molecule has 3 aromatic carbocycles. The molecule has 152 valence electrons. The number of ether oxygens (including phenoxy) is 5. The number of hydrogen-bond acceptors (Lipinski definition) is 5. The molecule has 0 radical (unpaired) electrons. The average Bonchev–Trinajstić information content (AvgIpc) is 2.76. The molecule has 0 saturated carbocycles. The Morgan fingerprint density at radius 1 is 0.724 bits per heavy atom. The molecule has 0 aromatic heterocycles. The summed E-state index contributed by atoms with van der Waals surface area (Å²) in [5.41, 5.74) is 2.18. The van der Waals surface area contributed by atoms with E-state index in [4.69, 9.17) is 23.7 Å². The number of rotatable bonds is 11. The van der Waals surface area contributed by atoms with Gasteiger partial charge in [0.05, 0.1) is 24.8 Å². The molecule has 0 amide bonds. The third-order valence-electron chi connectivity index (χ3n) is 4.02.